The summed E-state index contributed by atoms with van der Waals surface area (Å²) < 4.78 is 27.4. The Balaban J connectivity index is 2.29. The second-order valence-electron chi connectivity index (χ2n) is 4.79. The number of rotatable bonds is 2. The van der Waals surface area contributed by atoms with Crippen LogP contribution in [-0.2, 0) is 10.0 Å². The summed E-state index contributed by atoms with van der Waals surface area (Å²) in [7, 11) is -3.78. The predicted octanol–water partition coefficient (Wildman–Crippen LogP) is 3.05. The quantitative estimate of drug-likeness (QED) is 0.699. The van der Waals surface area contributed by atoms with Crippen molar-refractivity contribution in [1.82, 2.24) is 14.4 Å². The van der Waals surface area contributed by atoms with Gasteiger partial charge in [0, 0.05) is 4.47 Å². The summed E-state index contributed by atoms with van der Waals surface area (Å²) in [6.45, 7) is 3.68. The molecule has 0 fully saturated rings. The highest BCUT2D eigenvalue weighted by atomic mass is 79.9. The van der Waals surface area contributed by atoms with Gasteiger partial charge < -0.3 is 0 Å². The average Bonchev–Trinajstić information content (AvgIpc) is 2.87. The SMILES string of the molecule is Cc1cc(C)c(S(=O)(=O)n2nnc3ccccc32)cc1Br. The van der Waals surface area contributed by atoms with Crippen molar-refractivity contribution in [2.24, 2.45) is 0 Å². The number of hydrogen-bond donors (Lipinski definition) is 0. The molecule has 5 nitrogen and oxygen atoms in total. The molecule has 108 valence electrons. The molecule has 3 aromatic rings. The largest absolute Gasteiger partial charge is 0.285 e. The zero-order chi connectivity index (χ0) is 15.2. The van der Waals surface area contributed by atoms with Gasteiger partial charge in [-0.25, -0.2) is 0 Å². The lowest BCUT2D eigenvalue weighted by Crippen LogP contribution is -2.16. The lowest BCUT2D eigenvalue weighted by atomic mass is 10.2. The number of fused-ring (bicyclic) bond motifs is 1. The highest BCUT2D eigenvalue weighted by molar-refractivity contribution is 9.10. The van der Waals surface area contributed by atoms with Crippen LogP contribution in [0.1, 0.15) is 11.1 Å². The first-order chi connectivity index (χ1) is 9.91. The molecule has 0 unspecified atom stereocenters. The minimum absolute atomic E-state index is 0.218. The highest BCUT2D eigenvalue weighted by Crippen LogP contribution is 2.27. The molecule has 0 saturated carbocycles. The van der Waals surface area contributed by atoms with E-state index < -0.39 is 10.0 Å². The monoisotopic (exact) mass is 365 g/mol. The van der Waals surface area contributed by atoms with E-state index in [-0.39, 0.29) is 4.90 Å². The van der Waals surface area contributed by atoms with Crippen LogP contribution in [0.3, 0.4) is 0 Å². The first-order valence-corrected chi connectivity index (χ1v) is 8.47. The van der Waals surface area contributed by atoms with Crippen molar-refractivity contribution in [3.63, 3.8) is 0 Å². The van der Waals surface area contributed by atoms with Crippen LogP contribution in [0.2, 0.25) is 0 Å². The Labute approximate surface area is 130 Å². The molecule has 0 N–H and O–H groups in total. The number of aryl methyl sites for hydroxylation is 2. The highest BCUT2D eigenvalue weighted by Gasteiger charge is 2.23. The number of para-hydroxylation sites is 1. The molecule has 0 aliphatic rings. The molecule has 3 rings (SSSR count). The smallest absolute Gasteiger partial charge is 0.199 e. The van der Waals surface area contributed by atoms with Crippen LogP contribution in [-0.4, -0.2) is 22.8 Å². The maximum absolute atomic E-state index is 12.8. The van der Waals surface area contributed by atoms with E-state index in [1.54, 1.807) is 37.3 Å². The third kappa shape index (κ3) is 2.26. The molecule has 2 aromatic carbocycles. The van der Waals surface area contributed by atoms with Crippen LogP contribution in [0.15, 0.2) is 45.8 Å². The molecule has 1 aromatic heterocycles. The van der Waals surface area contributed by atoms with E-state index in [2.05, 4.69) is 26.2 Å². The number of hydrogen-bond acceptors (Lipinski definition) is 4. The van der Waals surface area contributed by atoms with Gasteiger partial charge in [-0.2, -0.15) is 8.42 Å². The Kier molecular flexibility index (Phi) is 3.33. The maximum Gasteiger partial charge on any atom is 0.285 e. The lowest BCUT2D eigenvalue weighted by molar-refractivity contribution is 0.579. The summed E-state index contributed by atoms with van der Waals surface area (Å²) in [5.74, 6) is 0. The minimum atomic E-state index is -3.78. The molecule has 7 heteroatoms. The predicted molar refractivity (Wildman–Crippen MR) is 83.7 cm³/mol. The second-order valence-corrected chi connectivity index (χ2v) is 7.38. The fourth-order valence-electron chi connectivity index (χ4n) is 2.20. The number of halogens is 1. The summed E-state index contributed by atoms with van der Waals surface area (Å²) in [5.41, 5.74) is 2.67. The fourth-order valence-corrected chi connectivity index (χ4v) is 4.16. The van der Waals surface area contributed by atoms with Gasteiger partial charge in [0.1, 0.15) is 11.0 Å². The van der Waals surface area contributed by atoms with Gasteiger partial charge in [-0.1, -0.05) is 39.3 Å². The van der Waals surface area contributed by atoms with Crippen molar-refractivity contribution in [3.05, 3.63) is 52.0 Å². The van der Waals surface area contributed by atoms with Crippen molar-refractivity contribution in [2.75, 3.05) is 0 Å². The third-order valence-corrected chi connectivity index (χ3v) is 5.86. The zero-order valence-corrected chi connectivity index (χ0v) is 13.8. The third-order valence-electron chi connectivity index (χ3n) is 3.28. The van der Waals surface area contributed by atoms with Gasteiger partial charge in [0.25, 0.3) is 10.0 Å². The first-order valence-electron chi connectivity index (χ1n) is 6.24. The van der Waals surface area contributed by atoms with Gasteiger partial charge in [0.15, 0.2) is 0 Å². The molecule has 0 aliphatic carbocycles. The Hall–Kier alpha value is -1.73. The van der Waals surface area contributed by atoms with Crippen LogP contribution < -0.4 is 0 Å². The van der Waals surface area contributed by atoms with E-state index in [0.717, 1.165) is 14.1 Å². The van der Waals surface area contributed by atoms with Gasteiger partial charge in [0.2, 0.25) is 0 Å². The van der Waals surface area contributed by atoms with E-state index in [9.17, 15) is 8.42 Å². The molecule has 0 saturated heterocycles. The van der Waals surface area contributed by atoms with E-state index in [4.69, 9.17) is 0 Å². The second kappa shape index (κ2) is 4.92. The molecular formula is C14H12BrN3O2S. The maximum atomic E-state index is 12.8. The van der Waals surface area contributed by atoms with Crippen molar-refractivity contribution in [3.8, 4) is 0 Å². The van der Waals surface area contributed by atoms with Crippen molar-refractivity contribution >= 4 is 37.0 Å². The van der Waals surface area contributed by atoms with Crippen LogP contribution in [0.25, 0.3) is 11.0 Å². The van der Waals surface area contributed by atoms with Gasteiger partial charge in [-0.3, -0.25) is 0 Å². The van der Waals surface area contributed by atoms with Gasteiger partial charge >= 0.3 is 0 Å². The first kappa shape index (κ1) is 14.2. The Bertz CT molecular complexity index is 948. The molecule has 0 aliphatic heterocycles. The van der Waals surface area contributed by atoms with Crippen LogP contribution in [0.4, 0.5) is 0 Å². The molecule has 0 atom stereocenters. The summed E-state index contributed by atoms with van der Waals surface area (Å²) in [6.07, 6.45) is 0. The van der Waals surface area contributed by atoms with Crippen LogP contribution >= 0.6 is 15.9 Å². The fraction of sp³-hybridized carbons (Fsp3) is 0.143. The van der Waals surface area contributed by atoms with Gasteiger partial charge in [-0.05, 0) is 43.2 Å². The van der Waals surface area contributed by atoms with Crippen LogP contribution in [0.5, 0.6) is 0 Å². The topological polar surface area (TPSA) is 64.8 Å². The Morgan fingerprint density at radius 3 is 2.57 bits per heavy atom. The lowest BCUT2D eigenvalue weighted by Gasteiger charge is -2.10. The van der Waals surface area contributed by atoms with E-state index in [0.29, 0.717) is 16.6 Å². The Morgan fingerprint density at radius 2 is 1.81 bits per heavy atom. The van der Waals surface area contributed by atoms with E-state index >= 15 is 0 Å². The van der Waals surface area contributed by atoms with Crippen molar-refractivity contribution in [1.29, 1.82) is 0 Å². The number of nitrogens with zero attached hydrogens (tertiary/aromatic N) is 3. The van der Waals surface area contributed by atoms with E-state index in [1.807, 2.05) is 13.0 Å². The van der Waals surface area contributed by atoms with Crippen molar-refractivity contribution in [2.45, 2.75) is 18.7 Å². The molecule has 0 bridgehead atoms. The molecule has 0 amide bonds. The van der Waals surface area contributed by atoms with Gasteiger partial charge in [0.05, 0.1) is 4.90 Å². The standard InChI is InChI=1S/C14H12BrN3O2S/c1-9-7-10(2)14(8-11(9)15)21(19,20)18-13-6-4-3-5-12(13)16-17-18/h3-8H,1-2H3. The number of aromatic nitrogens is 3. The van der Waals surface area contributed by atoms with Crippen molar-refractivity contribution < 1.29 is 8.42 Å². The molecule has 0 spiro atoms. The summed E-state index contributed by atoms with van der Waals surface area (Å²) in [6, 6.07) is 10.4. The summed E-state index contributed by atoms with van der Waals surface area (Å²) in [5, 5.41) is 7.70. The van der Waals surface area contributed by atoms with Crippen LogP contribution in [0, 0.1) is 13.8 Å². The normalized spacial score (nSPS) is 12.0. The average molecular weight is 366 g/mol. The summed E-state index contributed by atoms with van der Waals surface area (Å²) in [4.78, 5) is 0.218. The zero-order valence-electron chi connectivity index (χ0n) is 11.4. The Morgan fingerprint density at radius 1 is 1.10 bits per heavy atom. The minimum Gasteiger partial charge on any atom is -0.199 e. The molecule has 21 heavy (non-hydrogen) atoms. The number of benzene rings is 2. The molecule has 1 heterocycles. The molecular weight excluding hydrogens is 354 g/mol. The van der Waals surface area contributed by atoms with Gasteiger partial charge in [-0.15, -0.1) is 9.19 Å². The van der Waals surface area contributed by atoms with E-state index in [1.165, 1.54) is 0 Å². The molecule has 0 radical (unpaired) electrons. The summed E-state index contributed by atoms with van der Waals surface area (Å²) >= 11 is 3.38.